The van der Waals surface area contributed by atoms with Gasteiger partial charge in [0.1, 0.15) is 12.3 Å². The van der Waals surface area contributed by atoms with Gasteiger partial charge in [0.2, 0.25) is 11.8 Å². The number of carboxylic acid groups (broad SMARTS) is 1. The summed E-state index contributed by atoms with van der Waals surface area (Å²) in [4.78, 5) is 35.1. The van der Waals surface area contributed by atoms with E-state index in [9.17, 15) is 14.4 Å². The molecule has 7 nitrogen and oxygen atoms in total. The van der Waals surface area contributed by atoms with Gasteiger partial charge in [0, 0.05) is 13.0 Å². The Morgan fingerprint density at radius 3 is 2.95 bits per heavy atom. The number of nitrogens with zero attached hydrogens (tertiary/aromatic N) is 1. The number of aliphatic carboxylic acids is 1. The standard InChI is InChI=1S/C12H14N2O5/c15-10-4-8(6-14(10)7-11(16)17)12(18)13-5-9-2-1-3-19-9/h1-3,8H,4-7H2,(H,13,18)(H,16,17). The van der Waals surface area contributed by atoms with Crippen LogP contribution in [0.3, 0.4) is 0 Å². The van der Waals surface area contributed by atoms with Crippen LogP contribution in [0.5, 0.6) is 0 Å². The minimum absolute atomic E-state index is 0.0528. The van der Waals surface area contributed by atoms with Crippen LogP contribution in [0.15, 0.2) is 22.8 Å². The van der Waals surface area contributed by atoms with Gasteiger partial charge in [-0.1, -0.05) is 0 Å². The van der Waals surface area contributed by atoms with E-state index in [1.165, 1.54) is 11.2 Å². The maximum Gasteiger partial charge on any atom is 0.323 e. The highest BCUT2D eigenvalue weighted by Gasteiger charge is 2.34. The Labute approximate surface area is 109 Å². The molecule has 1 aliphatic rings. The van der Waals surface area contributed by atoms with Gasteiger partial charge >= 0.3 is 5.97 Å². The second-order valence-corrected chi connectivity index (χ2v) is 4.37. The highest BCUT2D eigenvalue weighted by molar-refractivity contribution is 5.90. The molecule has 19 heavy (non-hydrogen) atoms. The molecule has 1 aromatic rings. The normalized spacial score (nSPS) is 18.6. The molecular weight excluding hydrogens is 252 g/mol. The smallest absolute Gasteiger partial charge is 0.323 e. The number of nitrogens with one attached hydrogen (secondary N) is 1. The first-order valence-corrected chi connectivity index (χ1v) is 5.86. The average Bonchev–Trinajstić information content (AvgIpc) is 2.96. The van der Waals surface area contributed by atoms with Gasteiger partial charge in [-0.15, -0.1) is 0 Å². The highest BCUT2D eigenvalue weighted by atomic mass is 16.4. The number of hydrogen-bond acceptors (Lipinski definition) is 4. The summed E-state index contributed by atoms with van der Waals surface area (Å²) >= 11 is 0. The molecule has 0 aromatic carbocycles. The Bertz CT molecular complexity index is 482. The highest BCUT2D eigenvalue weighted by Crippen LogP contribution is 2.17. The molecule has 0 bridgehead atoms. The van der Waals surface area contributed by atoms with Crippen LogP contribution in [-0.2, 0) is 20.9 Å². The van der Waals surface area contributed by atoms with Crippen molar-refractivity contribution in [1.82, 2.24) is 10.2 Å². The van der Waals surface area contributed by atoms with E-state index in [-0.39, 0.29) is 37.9 Å². The topological polar surface area (TPSA) is 99.8 Å². The molecule has 1 atom stereocenters. The summed E-state index contributed by atoms with van der Waals surface area (Å²) in [5.74, 6) is -1.52. The maximum absolute atomic E-state index is 11.8. The van der Waals surface area contributed by atoms with Crippen molar-refractivity contribution in [2.45, 2.75) is 13.0 Å². The van der Waals surface area contributed by atoms with Crippen molar-refractivity contribution in [3.05, 3.63) is 24.2 Å². The Hall–Kier alpha value is -2.31. The van der Waals surface area contributed by atoms with E-state index in [0.717, 1.165) is 0 Å². The van der Waals surface area contributed by atoms with Crippen molar-refractivity contribution in [1.29, 1.82) is 0 Å². The fraction of sp³-hybridized carbons (Fsp3) is 0.417. The maximum atomic E-state index is 11.8. The Morgan fingerprint density at radius 1 is 1.53 bits per heavy atom. The predicted octanol–water partition coefficient (Wildman–Crippen LogP) is -0.171. The van der Waals surface area contributed by atoms with Crippen molar-refractivity contribution in [2.24, 2.45) is 5.92 Å². The number of carbonyl (C=O) groups excluding carboxylic acids is 2. The van der Waals surface area contributed by atoms with Gasteiger partial charge in [0.15, 0.2) is 0 Å². The summed E-state index contributed by atoms with van der Waals surface area (Å²) in [6, 6.07) is 3.45. The number of hydrogen-bond donors (Lipinski definition) is 2. The average molecular weight is 266 g/mol. The lowest BCUT2D eigenvalue weighted by molar-refractivity contribution is -0.142. The fourth-order valence-corrected chi connectivity index (χ4v) is 2.00. The summed E-state index contributed by atoms with van der Waals surface area (Å²) in [6.07, 6.45) is 1.56. The Morgan fingerprint density at radius 2 is 2.32 bits per heavy atom. The summed E-state index contributed by atoms with van der Waals surface area (Å²) in [7, 11) is 0. The molecule has 2 amide bonds. The number of likely N-dealkylation sites (tertiary alicyclic amines) is 1. The van der Waals surface area contributed by atoms with Crippen LogP contribution in [-0.4, -0.2) is 40.9 Å². The number of carboxylic acids is 1. The van der Waals surface area contributed by atoms with Crippen LogP contribution in [0.2, 0.25) is 0 Å². The van der Waals surface area contributed by atoms with Crippen molar-refractivity contribution < 1.29 is 23.9 Å². The zero-order valence-corrected chi connectivity index (χ0v) is 10.2. The van der Waals surface area contributed by atoms with E-state index in [1.807, 2.05) is 0 Å². The zero-order valence-electron chi connectivity index (χ0n) is 10.2. The van der Waals surface area contributed by atoms with Gasteiger partial charge in [-0.2, -0.15) is 0 Å². The number of carbonyl (C=O) groups is 3. The minimum atomic E-state index is -1.08. The first-order valence-electron chi connectivity index (χ1n) is 5.86. The molecule has 1 aliphatic heterocycles. The van der Waals surface area contributed by atoms with Crippen LogP contribution < -0.4 is 5.32 Å². The van der Waals surface area contributed by atoms with Gasteiger partial charge in [-0.05, 0) is 12.1 Å². The summed E-state index contributed by atoms with van der Waals surface area (Å²) in [5.41, 5.74) is 0. The van der Waals surface area contributed by atoms with Gasteiger partial charge < -0.3 is 19.7 Å². The molecule has 102 valence electrons. The molecule has 2 rings (SSSR count). The molecule has 0 saturated carbocycles. The third-order valence-electron chi connectivity index (χ3n) is 2.93. The quantitative estimate of drug-likeness (QED) is 0.770. The van der Waals surface area contributed by atoms with Crippen molar-refractivity contribution in [3.63, 3.8) is 0 Å². The van der Waals surface area contributed by atoms with E-state index in [0.29, 0.717) is 5.76 Å². The van der Waals surface area contributed by atoms with E-state index in [2.05, 4.69) is 5.32 Å². The minimum Gasteiger partial charge on any atom is -0.480 e. The van der Waals surface area contributed by atoms with Crippen molar-refractivity contribution >= 4 is 17.8 Å². The molecule has 7 heteroatoms. The predicted molar refractivity (Wildman–Crippen MR) is 62.9 cm³/mol. The first kappa shape index (κ1) is 13.1. The zero-order chi connectivity index (χ0) is 13.8. The second kappa shape index (κ2) is 5.55. The molecule has 1 aromatic heterocycles. The summed E-state index contributed by atoms with van der Waals surface area (Å²) < 4.78 is 5.07. The molecule has 0 radical (unpaired) electrons. The molecule has 0 spiro atoms. The van der Waals surface area contributed by atoms with Crippen LogP contribution in [0.4, 0.5) is 0 Å². The third kappa shape index (κ3) is 3.34. The van der Waals surface area contributed by atoms with Crippen LogP contribution in [0, 0.1) is 5.92 Å². The lowest BCUT2D eigenvalue weighted by Gasteiger charge is -2.13. The monoisotopic (exact) mass is 266 g/mol. The molecule has 1 saturated heterocycles. The van der Waals surface area contributed by atoms with Gasteiger partial charge in [0.25, 0.3) is 0 Å². The van der Waals surface area contributed by atoms with E-state index < -0.39 is 11.9 Å². The van der Waals surface area contributed by atoms with Gasteiger partial charge in [0.05, 0.1) is 18.7 Å². The number of rotatable bonds is 5. The molecule has 0 aliphatic carbocycles. The number of amides is 2. The lowest BCUT2D eigenvalue weighted by Crippen LogP contribution is -2.34. The molecule has 2 heterocycles. The van der Waals surface area contributed by atoms with Crippen molar-refractivity contribution in [3.8, 4) is 0 Å². The molecule has 1 unspecified atom stereocenters. The van der Waals surface area contributed by atoms with Crippen LogP contribution in [0.25, 0.3) is 0 Å². The SMILES string of the molecule is O=C(O)CN1CC(C(=O)NCc2ccco2)CC1=O. The second-order valence-electron chi connectivity index (χ2n) is 4.37. The number of furan rings is 1. The Balaban J connectivity index is 1.84. The molecular formula is C12H14N2O5. The van der Waals surface area contributed by atoms with Gasteiger partial charge in [-0.25, -0.2) is 0 Å². The van der Waals surface area contributed by atoms with Crippen LogP contribution in [0.1, 0.15) is 12.2 Å². The van der Waals surface area contributed by atoms with Gasteiger partial charge in [-0.3, -0.25) is 14.4 Å². The first-order chi connectivity index (χ1) is 9.06. The fourth-order valence-electron chi connectivity index (χ4n) is 2.00. The van der Waals surface area contributed by atoms with E-state index >= 15 is 0 Å². The van der Waals surface area contributed by atoms with E-state index in [4.69, 9.17) is 9.52 Å². The van der Waals surface area contributed by atoms with Crippen LogP contribution >= 0.6 is 0 Å². The molecule has 1 fully saturated rings. The third-order valence-corrected chi connectivity index (χ3v) is 2.93. The Kier molecular flexibility index (Phi) is 3.84. The largest absolute Gasteiger partial charge is 0.480 e. The lowest BCUT2D eigenvalue weighted by atomic mass is 10.1. The van der Waals surface area contributed by atoms with E-state index in [1.54, 1.807) is 12.1 Å². The summed E-state index contributed by atoms with van der Waals surface area (Å²) in [5, 5.41) is 11.3. The molecule has 2 N–H and O–H groups in total. The van der Waals surface area contributed by atoms with Crippen molar-refractivity contribution in [2.75, 3.05) is 13.1 Å². The summed E-state index contributed by atoms with van der Waals surface area (Å²) in [6.45, 7) is 0.0470.